The fraction of sp³-hybridized carbons (Fsp3) is 0.250. The highest BCUT2D eigenvalue weighted by molar-refractivity contribution is 9.10. The number of halogens is 2. The van der Waals surface area contributed by atoms with Crippen molar-refractivity contribution in [2.75, 3.05) is 18.5 Å². The minimum Gasteiger partial charge on any atom is -0.486 e. The molecule has 3 nitrogen and oxygen atoms in total. The van der Waals surface area contributed by atoms with E-state index in [9.17, 15) is 4.39 Å². The van der Waals surface area contributed by atoms with E-state index in [1.807, 2.05) is 19.1 Å². The molecule has 110 valence electrons. The summed E-state index contributed by atoms with van der Waals surface area (Å²) in [5.41, 5.74) is 2.84. The van der Waals surface area contributed by atoms with Crippen LogP contribution in [0, 0.1) is 12.7 Å². The first-order valence-corrected chi connectivity index (χ1v) is 7.51. The van der Waals surface area contributed by atoms with Crippen LogP contribution in [0.2, 0.25) is 0 Å². The van der Waals surface area contributed by atoms with Crippen molar-refractivity contribution in [2.24, 2.45) is 0 Å². The lowest BCUT2D eigenvalue weighted by atomic mass is 10.1. The van der Waals surface area contributed by atoms with Crippen LogP contribution in [-0.2, 0) is 6.54 Å². The highest BCUT2D eigenvalue weighted by Crippen LogP contribution is 2.38. The second-order valence-corrected chi connectivity index (χ2v) is 5.77. The van der Waals surface area contributed by atoms with Crippen LogP contribution in [0.25, 0.3) is 0 Å². The van der Waals surface area contributed by atoms with Crippen LogP contribution in [0.15, 0.2) is 34.8 Å². The quantitative estimate of drug-likeness (QED) is 0.895. The Labute approximate surface area is 131 Å². The molecule has 0 fully saturated rings. The summed E-state index contributed by atoms with van der Waals surface area (Å²) < 4.78 is 25.3. The Morgan fingerprint density at radius 3 is 2.86 bits per heavy atom. The highest BCUT2D eigenvalue weighted by Gasteiger charge is 2.16. The zero-order valence-corrected chi connectivity index (χ0v) is 13.2. The van der Waals surface area contributed by atoms with Crippen molar-refractivity contribution < 1.29 is 13.9 Å². The van der Waals surface area contributed by atoms with Gasteiger partial charge in [0.1, 0.15) is 19.0 Å². The molecule has 0 aliphatic carbocycles. The largest absolute Gasteiger partial charge is 0.486 e. The van der Waals surface area contributed by atoms with Gasteiger partial charge in [-0.25, -0.2) is 4.39 Å². The van der Waals surface area contributed by atoms with Crippen LogP contribution in [-0.4, -0.2) is 13.2 Å². The van der Waals surface area contributed by atoms with E-state index in [0.717, 1.165) is 32.8 Å². The second kappa shape index (κ2) is 5.93. The molecule has 0 aromatic heterocycles. The van der Waals surface area contributed by atoms with E-state index in [0.29, 0.717) is 19.8 Å². The number of fused-ring (bicyclic) bond motifs is 1. The molecular weight excluding hydrogens is 337 g/mol. The molecule has 3 rings (SSSR count). The van der Waals surface area contributed by atoms with E-state index in [1.165, 1.54) is 12.1 Å². The molecule has 1 aliphatic heterocycles. The lowest BCUT2D eigenvalue weighted by Gasteiger charge is -2.20. The molecule has 0 spiro atoms. The van der Waals surface area contributed by atoms with Crippen molar-refractivity contribution >= 4 is 21.6 Å². The Kier molecular flexibility index (Phi) is 4.01. The molecule has 2 aromatic carbocycles. The fourth-order valence-electron chi connectivity index (χ4n) is 2.25. The van der Waals surface area contributed by atoms with Crippen LogP contribution in [0.1, 0.15) is 11.1 Å². The second-order valence-electron chi connectivity index (χ2n) is 4.91. The molecule has 5 heteroatoms. The zero-order chi connectivity index (χ0) is 14.8. The number of hydrogen-bond donors (Lipinski definition) is 1. The Bertz CT molecular complexity index is 676. The summed E-state index contributed by atoms with van der Waals surface area (Å²) in [5, 5.41) is 3.25. The van der Waals surface area contributed by atoms with Crippen molar-refractivity contribution in [3.8, 4) is 11.5 Å². The maximum atomic E-state index is 13.3. The van der Waals surface area contributed by atoms with Crippen LogP contribution in [0.3, 0.4) is 0 Å². The molecule has 1 heterocycles. The van der Waals surface area contributed by atoms with E-state index in [4.69, 9.17) is 9.47 Å². The highest BCUT2D eigenvalue weighted by atomic mass is 79.9. The van der Waals surface area contributed by atoms with E-state index >= 15 is 0 Å². The Hall–Kier alpha value is -1.75. The van der Waals surface area contributed by atoms with Gasteiger partial charge in [-0.3, -0.25) is 0 Å². The van der Waals surface area contributed by atoms with E-state index < -0.39 is 0 Å². The van der Waals surface area contributed by atoms with Crippen LogP contribution >= 0.6 is 15.9 Å². The molecule has 2 aromatic rings. The summed E-state index contributed by atoms with van der Waals surface area (Å²) in [4.78, 5) is 0. The van der Waals surface area contributed by atoms with Gasteiger partial charge in [0.15, 0.2) is 11.5 Å². The Morgan fingerprint density at radius 2 is 2.00 bits per heavy atom. The van der Waals surface area contributed by atoms with Crippen LogP contribution in [0.5, 0.6) is 11.5 Å². The topological polar surface area (TPSA) is 30.5 Å². The molecule has 21 heavy (non-hydrogen) atoms. The van der Waals surface area contributed by atoms with Crippen molar-refractivity contribution in [3.05, 3.63) is 51.7 Å². The third-order valence-corrected chi connectivity index (χ3v) is 3.93. The van der Waals surface area contributed by atoms with Gasteiger partial charge in [-0.2, -0.15) is 0 Å². The molecule has 0 bridgehead atoms. The van der Waals surface area contributed by atoms with Gasteiger partial charge in [0.2, 0.25) is 0 Å². The minimum atomic E-state index is -0.244. The smallest absolute Gasteiger partial charge is 0.175 e. The van der Waals surface area contributed by atoms with Gasteiger partial charge >= 0.3 is 0 Å². The normalized spacial score (nSPS) is 13.1. The third kappa shape index (κ3) is 3.13. The van der Waals surface area contributed by atoms with E-state index in [-0.39, 0.29) is 5.82 Å². The first kappa shape index (κ1) is 14.2. The molecule has 1 aliphatic rings. The number of ether oxygens (including phenoxy) is 2. The monoisotopic (exact) mass is 351 g/mol. The summed E-state index contributed by atoms with van der Waals surface area (Å²) in [6.07, 6.45) is 0. The molecule has 0 radical (unpaired) electrons. The predicted molar refractivity (Wildman–Crippen MR) is 83.6 cm³/mol. The fourth-order valence-corrected chi connectivity index (χ4v) is 2.85. The van der Waals surface area contributed by atoms with Gasteiger partial charge < -0.3 is 14.8 Å². The van der Waals surface area contributed by atoms with E-state index in [1.54, 1.807) is 6.07 Å². The van der Waals surface area contributed by atoms with Crippen molar-refractivity contribution in [1.82, 2.24) is 0 Å². The molecule has 0 saturated heterocycles. The molecule has 0 saturated carbocycles. The molecule has 0 unspecified atom stereocenters. The molecule has 0 amide bonds. The van der Waals surface area contributed by atoms with Crippen molar-refractivity contribution in [1.29, 1.82) is 0 Å². The van der Waals surface area contributed by atoms with Gasteiger partial charge in [-0.15, -0.1) is 0 Å². The van der Waals surface area contributed by atoms with Gasteiger partial charge in [-0.1, -0.05) is 6.07 Å². The number of aryl methyl sites for hydroxylation is 1. The van der Waals surface area contributed by atoms with Crippen LogP contribution in [0.4, 0.5) is 10.1 Å². The summed E-state index contributed by atoms with van der Waals surface area (Å²) >= 11 is 3.49. The predicted octanol–water partition coefficient (Wildman–Crippen LogP) is 4.28. The van der Waals surface area contributed by atoms with Gasteiger partial charge in [-0.05, 0) is 58.2 Å². The van der Waals surface area contributed by atoms with Crippen molar-refractivity contribution in [2.45, 2.75) is 13.5 Å². The van der Waals surface area contributed by atoms with Crippen molar-refractivity contribution in [3.63, 3.8) is 0 Å². The number of nitrogens with one attached hydrogen (secondary N) is 1. The maximum absolute atomic E-state index is 13.3. The molecular formula is C16H15BrFNO2. The van der Waals surface area contributed by atoms with Gasteiger partial charge in [0.05, 0.1) is 4.47 Å². The maximum Gasteiger partial charge on any atom is 0.175 e. The zero-order valence-electron chi connectivity index (χ0n) is 11.6. The lowest BCUT2D eigenvalue weighted by molar-refractivity contribution is 0.170. The number of rotatable bonds is 3. The summed E-state index contributed by atoms with van der Waals surface area (Å²) in [6.45, 7) is 3.64. The average molecular weight is 352 g/mol. The Morgan fingerprint density at radius 1 is 1.19 bits per heavy atom. The molecule has 1 N–H and O–H groups in total. The number of hydrogen-bond acceptors (Lipinski definition) is 3. The minimum absolute atomic E-state index is 0.244. The Balaban J connectivity index is 1.79. The lowest BCUT2D eigenvalue weighted by Crippen LogP contribution is -2.16. The first-order chi connectivity index (χ1) is 10.1. The standard InChI is InChI=1S/C16H15BrFNO2/c1-10-2-3-12(18)8-14(10)19-9-11-6-13(17)16-15(7-11)20-4-5-21-16/h2-3,6-8,19H,4-5,9H2,1H3. The molecule has 0 atom stereocenters. The van der Waals surface area contributed by atoms with Gasteiger partial charge in [0.25, 0.3) is 0 Å². The third-order valence-electron chi connectivity index (χ3n) is 3.34. The van der Waals surface area contributed by atoms with E-state index in [2.05, 4.69) is 21.2 Å². The summed E-state index contributed by atoms with van der Waals surface area (Å²) in [5.74, 6) is 1.24. The summed E-state index contributed by atoms with van der Waals surface area (Å²) in [6, 6.07) is 8.65. The number of anilines is 1. The van der Waals surface area contributed by atoms with Gasteiger partial charge in [0, 0.05) is 12.2 Å². The SMILES string of the molecule is Cc1ccc(F)cc1NCc1cc(Br)c2c(c1)OCCO2. The average Bonchev–Trinajstić information content (AvgIpc) is 2.48. The van der Waals surface area contributed by atoms with Crippen LogP contribution < -0.4 is 14.8 Å². The number of benzene rings is 2. The summed E-state index contributed by atoms with van der Waals surface area (Å²) in [7, 11) is 0. The first-order valence-electron chi connectivity index (χ1n) is 6.71.